The quantitative estimate of drug-likeness (QED) is 0.398. The van der Waals surface area contributed by atoms with Crippen LogP contribution < -0.4 is 9.84 Å². The second-order valence-electron chi connectivity index (χ2n) is 6.17. The van der Waals surface area contributed by atoms with E-state index in [2.05, 4.69) is 0 Å². The Hall–Kier alpha value is -2.41. The van der Waals surface area contributed by atoms with Crippen LogP contribution in [0.5, 0.6) is 5.75 Å². The van der Waals surface area contributed by atoms with Crippen LogP contribution >= 0.6 is 0 Å². The third-order valence-corrected chi connectivity index (χ3v) is 2.78. The van der Waals surface area contributed by atoms with Gasteiger partial charge in [-0.3, -0.25) is 4.79 Å². The van der Waals surface area contributed by atoms with Gasteiger partial charge in [-0.2, -0.15) is 0 Å². The van der Waals surface area contributed by atoms with E-state index < -0.39 is 30.4 Å². The number of hydrogen-bond donors (Lipinski definition) is 0. The van der Waals surface area contributed by atoms with Crippen molar-refractivity contribution in [1.82, 2.24) is 0 Å². The zero-order chi connectivity index (χ0) is 17.6. The number of ether oxygens (including phenoxy) is 2. The summed E-state index contributed by atoms with van der Waals surface area (Å²) in [4.78, 5) is 34.2. The molecule has 0 unspecified atom stereocenters. The second kappa shape index (κ2) is 7.73. The molecule has 1 atom stereocenters. The second-order valence-corrected chi connectivity index (χ2v) is 6.17. The highest BCUT2D eigenvalue weighted by atomic mass is 16.6. The highest BCUT2D eigenvalue weighted by molar-refractivity contribution is 5.93. The highest BCUT2D eigenvalue weighted by Gasteiger charge is 2.24. The van der Waals surface area contributed by atoms with Gasteiger partial charge in [-0.25, -0.2) is 4.79 Å². The van der Waals surface area contributed by atoms with E-state index in [1.165, 1.54) is 19.1 Å². The first-order valence-electron chi connectivity index (χ1n) is 7.07. The van der Waals surface area contributed by atoms with Gasteiger partial charge in [0.1, 0.15) is 17.9 Å². The molecule has 0 aromatic heterocycles. The number of para-hydroxylation sites is 1. The molecule has 0 amide bonds. The molecule has 23 heavy (non-hydrogen) atoms. The molecule has 0 aliphatic heterocycles. The predicted molar refractivity (Wildman–Crippen MR) is 79.5 cm³/mol. The highest BCUT2D eigenvalue weighted by Crippen LogP contribution is 2.20. The van der Waals surface area contributed by atoms with E-state index in [0.717, 1.165) is 0 Å². The van der Waals surface area contributed by atoms with E-state index in [1.807, 2.05) is 21.1 Å². The number of carbonyl (C=O) groups excluding carboxylic acids is 3. The maximum atomic E-state index is 12.3. The molecule has 0 fully saturated rings. The van der Waals surface area contributed by atoms with E-state index in [9.17, 15) is 19.5 Å². The first kappa shape index (κ1) is 18.6. The first-order chi connectivity index (χ1) is 10.6. The number of carboxylic acids is 1. The van der Waals surface area contributed by atoms with Crippen molar-refractivity contribution in [2.45, 2.75) is 19.4 Å². The number of rotatable bonds is 7. The van der Waals surface area contributed by atoms with Crippen LogP contribution in [0.2, 0.25) is 0 Å². The fraction of sp³-hybridized carbons (Fsp3) is 0.438. The molecule has 0 aliphatic carbocycles. The topological polar surface area (TPSA) is 92.7 Å². The summed E-state index contributed by atoms with van der Waals surface area (Å²) in [6, 6.07) is 6.12. The smallest absolute Gasteiger partial charge is 0.342 e. The Balaban J connectivity index is 2.94. The Morgan fingerprint density at radius 2 is 1.78 bits per heavy atom. The first-order valence-corrected chi connectivity index (χ1v) is 7.07. The Morgan fingerprint density at radius 1 is 1.17 bits per heavy atom. The molecule has 0 bridgehead atoms. The molecule has 0 N–H and O–H groups in total. The van der Waals surface area contributed by atoms with Crippen molar-refractivity contribution < 1.29 is 33.4 Å². The minimum Gasteiger partial charge on any atom is -0.550 e. The van der Waals surface area contributed by atoms with E-state index >= 15 is 0 Å². The molecule has 1 rings (SSSR count). The number of nitrogens with zero attached hydrogens (tertiary/aromatic N) is 1. The lowest BCUT2D eigenvalue weighted by molar-refractivity contribution is -0.873. The number of esters is 2. The summed E-state index contributed by atoms with van der Waals surface area (Å²) in [7, 11) is 5.55. The minimum atomic E-state index is -1.30. The van der Waals surface area contributed by atoms with Gasteiger partial charge in [0.15, 0.2) is 6.10 Å². The lowest BCUT2D eigenvalue weighted by atomic mass is 10.2. The normalized spacial score (nSPS) is 12.3. The molecule has 0 aliphatic rings. The zero-order valence-electron chi connectivity index (χ0n) is 13.7. The van der Waals surface area contributed by atoms with Crippen molar-refractivity contribution in [2.75, 3.05) is 27.7 Å². The van der Waals surface area contributed by atoms with Crippen LogP contribution in [-0.4, -0.2) is 56.2 Å². The molecule has 7 heteroatoms. The summed E-state index contributed by atoms with van der Waals surface area (Å²) in [5.74, 6) is -2.54. The van der Waals surface area contributed by atoms with Gasteiger partial charge in [0.05, 0.1) is 21.1 Å². The van der Waals surface area contributed by atoms with E-state index in [0.29, 0.717) is 11.0 Å². The van der Waals surface area contributed by atoms with E-state index in [4.69, 9.17) is 9.47 Å². The average Bonchev–Trinajstić information content (AvgIpc) is 2.35. The van der Waals surface area contributed by atoms with Crippen molar-refractivity contribution in [1.29, 1.82) is 0 Å². The Kier molecular flexibility index (Phi) is 6.27. The van der Waals surface area contributed by atoms with E-state index in [-0.39, 0.29) is 11.3 Å². The summed E-state index contributed by atoms with van der Waals surface area (Å²) in [5.41, 5.74) is 0.0625. The van der Waals surface area contributed by atoms with Gasteiger partial charge in [0.2, 0.25) is 0 Å². The van der Waals surface area contributed by atoms with Gasteiger partial charge >= 0.3 is 11.9 Å². The summed E-state index contributed by atoms with van der Waals surface area (Å²) < 4.78 is 10.7. The largest absolute Gasteiger partial charge is 0.550 e. The molecular formula is C16H21NO6. The van der Waals surface area contributed by atoms with Crippen molar-refractivity contribution in [2.24, 2.45) is 0 Å². The monoisotopic (exact) mass is 323 g/mol. The predicted octanol–water partition coefficient (Wildman–Crippen LogP) is -0.0165. The average molecular weight is 323 g/mol. The van der Waals surface area contributed by atoms with Gasteiger partial charge in [-0.1, -0.05) is 12.1 Å². The summed E-state index contributed by atoms with van der Waals surface area (Å²) in [6.45, 7) is 1.52. The fourth-order valence-electron chi connectivity index (χ4n) is 2.03. The lowest BCUT2D eigenvalue weighted by Gasteiger charge is -2.29. The van der Waals surface area contributed by atoms with Gasteiger partial charge in [0, 0.05) is 19.3 Å². The van der Waals surface area contributed by atoms with Crippen molar-refractivity contribution >= 4 is 17.9 Å². The van der Waals surface area contributed by atoms with Crippen LogP contribution in [0.15, 0.2) is 24.3 Å². The summed E-state index contributed by atoms with van der Waals surface area (Å²) in [5, 5.41) is 10.8. The molecule has 0 heterocycles. The molecule has 1 aromatic rings. The minimum absolute atomic E-state index is 0.0625. The number of likely N-dealkylation sites (N-methyl/N-ethyl adjacent to an activating group) is 1. The molecular weight excluding hydrogens is 302 g/mol. The standard InChI is InChI=1S/C16H21NO6/c1-11(18)22-14-8-6-5-7-13(14)16(21)23-12(9-15(19)20)10-17(2,3)4/h5-8,12H,9-10H2,1-4H3/t12-/m0/s1. The number of quaternary nitrogens is 1. The number of carbonyl (C=O) groups is 3. The van der Waals surface area contributed by atoms with Crippen LogP contribution in [0, 0.1) is 0 Å². The maximum absolute atomic E-state index is 12.3. The maximum Gasteiger partial charge on any atom is 0.342 e. The molecule has 126 valence electrons. The third kappa shape index (κ3) is 6.92. The van der Waals surface area contributed by atoms with Crippen LogP contribution in [0.3, 0.4) is 0 Å². The molecule has 7 nitrogen and oxygen atoms in total. The Bertz CT molecular complexity index is 590. The summed E-state index contributed by atoms with van der Waals surface area (Å²) in [6.07, 6.45) is -1.25. The molecule has 1 aromatic carbocycles. The van der Waals surface area contributed by atoms with Crippen molar-refractivity contribution in [3.05, 3.63) is 29.8 Å². The van der Waals surface area contributed by atoms with Gasteiger partial charge < -0.3 is 23.9 Å². The number of benzene rings is 1. The van der Waals surface area contributed by atoms with Crippen molar-refractivity contribution in [3.63, 3.8) is 0 Å². The van der Waals surface area contributed by atoms with Crippen molar-refractivity contribution in [3.8, 4) is 5.75 Å². The SMILES string of the molecule is CC(=O)Oc1ccccc1C(=O)O[C@@H](CC(=O)[O-])C[N+](C)(C)C. The van der Waals surface area contributed by atoms with Gasteiger partial charge in [-0.15, -0.1) is 0 Å². The fourth-order valence-corrected chi connectivity index (χ4v) is 2.03. The molecule has 0 radical (unpaired) electrons. The van der Waals surface area contributed by atoms with E-state index in [1.54, 1.807) is 12.1 Å². The number of carboxylic acid groups (broad SMARTS) is 1. The number of aliphatic carboxylic acids is 1. The Morgan fingerprint density at radius 3 is 2.30 bits per heavy atom. The third-order valence-electron chi connectivity index (χ3n) is 2.78. The zero-order valence-corrected chi connectivity index (χ0v) is 13.7. The number of hydrogen-bond acceptors (Lipinski definition) is 6. The lowest BCUT2D eigenvalue weighted by Crippen LogP contribution is -2.45. The van der Waals surface area contributed by atoms with Crippen LogP contribution in [0.1, 0.15) is 23.7 Å². The van der Waals surface area contributed by atoms with Crippen LogP contribution in [0.4, 0.5) is 0 Å². The molecule has 0 saturated heterocycles. The van der Waals surface area contributed by atoms with Gasteiger partial charge in [-0.05, 0) is 12.1 Å². The molecule has 0 spiro atoms. The van der Waals surface area contributed by atoms with Crippen LogP contribution in [-0.2, 0) is 14.3 Å². The summed E-state index contributed by atoms with van der Waals surface area (Å²) >= 11 is 0. The van der Waals surface area contributed by atoms with Crippen LogP contribution in [0.25, 0.3) is 0 Å². The Labute approximate surface area is 135 Å². The molecule has 0 saturated carbocycles. The van der Waals surface area contributed by atoms with Gasteiger partial charge in [0.25, 0.3) is 0 Å².